The van der Waals surface area contributed by atoms with Gasteiger partial charge in [0.05, 0.1) is 17.2 Å². The summed E-state index contributed by atoms with van der Waals surface area (Å²) >= 11 is 0. The topological polar surface area (TPSA) is 53.1 Å². The molecule has 0 fully saturated rings. The van der Waals surface area contributed by atoms with Crippen LogP contribution in [0.4, 0.5) is 5.95 Å². The molecule has 3 aromatic rings. The van der Waals surface area contributed by atoms with Crippen molar-refractivity contribution in [3.8, 4) is 0 Å². The van der Waals surface area contributed by atoms with Crippen molar-refractivity contribution < 1.29 is 0 Å². The Balaban J connectivity index is 1.74. The fourth-order valence-electron chi connectivity index (χ4n) is 2.00. The van der Waals surface area contributed by atoms with E-state index in [4.69, 9.17) is 0 Å². The summed E-state index contributed by atoms with van der Waals surface area (Å²) in [6.07, 6.45) is 1.78. The first-order valence-corrected chi connectivity index (χ1v) is 6.53. The van der Waals surface area contributed by atoms with Crippen molar-refractivity contribution in [2.75, 3.05) is 5.43 Å². The van der Waals surface area contributed by atoms with E-state index < -0.39 is 0 Å². The molecule has 0 unspecified atom stereocenters. The molecule has 4 heteroatoms. The number of imidazole rings is 1. The van der Waals surface area contributed by atoms with Gasteiger partial charge in [0.15, 0.2) is 0 Å². The van der Waals surface area contributed by atoms with E-state index in [0.717, 1.165) is 16.6 Å². The third-order valence-electron chi connectivity index (χ3n) is 3.10. The van der Waals surface area contributed by atoms with E-state index in [1.165, 1.54) is 11.1 Å². The van der Waals surface area contributed by atoms with Crippen molar-refractivity contribution in [2.24, 2.45) is 5.10 Å². The van der Waals surface area contributed by atoms with Gasteiger partial charge in [-0.05, 0) is 37.1 Å². The normalized spacial score (nSPS) is 11.3. The van der Waals surface area contributed by atoms with Gasteiger partial charge in [-0.2, -0.15) is 5.10 Å². The number of nitrogens with zero attached hydrogens (tertiary/aromatic N) is 2. The lowest BCUT2D eigenvalue weighted by Gasteiger charge is -1.95. The van der Waals surface area contributed by atoms with E-state index in [-0.39, 0.29) is 0 Å². The monoisotopic (exact) mass is 264 g/mol. The SMILES string of the molecule is Cc1ccc(/C=N\Nc2nc3ccc(C)cc3[nH]2)cc1. The maximum atomic E-state index is 4.42. The van der Waals surface area contributed by atoms with Gasteiger partial charge in [-0.1, -0.05) is 35.9 Å². The zero-order chi connectivity index (χ0) is 13.9. The number of hydrazone groups is 1. The highest BCUT2D eigenvalue weighted by Gasteiger charge is 2.00. The predicted octanol–water partition coefficient (Wildman–Crippen LogP) is 3.63. The zero-order valence-corrected chi connectivity index (χ0v) is 11.5. The lowest BCUT2D eigenvalue weighted by molar-refractivity contribution is 1.21. The Bertz CT molecular complexity index is 754. The summed E-state index contributed by atoms with van der Waals surface area (Å²) in [5.41, 5.74) is 8.36. The molecule has 0 amide bonds. The van der Waals surface area contributed by atoms with Crippen molar-refractivity contribution >= 4 is 23.2 Å². The summed E-state index contributed by atoms with van der Waals surface area (Å²) in [6, 6.07) is 14.3. The van der Waals surface area contributed by atoms with Crippen LogP contribution in [0.1, 0.15) is 16.7 Å². The lowest BCUT2D eigenvalue weighted by Crippen LogP contribution is -1.92. The van der Waals surface area contributed by atoms with E-state index in [1.54, 1.807) is 6.21 Å². The van der Waals surface area contributed by atoms with Crippen LogP contribution in [0.5, 0.6) is 0 Å². The molecule has 0 atom stereocenters. The molecular formula is C16H16N4. The van der Waals surface area contributed by atoms with E-state index >= 15 is 0 Å². The summed E-state index contributed by atoms with van der Waals surface area (Å²) in [5.74, 6) is 0.647. The molecule has 3 rings (SSSR count). The summed E-state index contributed by atoms with van der Waals surface area (Å²) in [4.78, 5) is 7.61. The Morgan fingerprint density at radius 3 is 2.60 bits per heavy atom. The van der Waals surface area contributed by atoms with Crippen molar-refractivity contribution in [3.63, 3.8) is 0 Å². The molecule has 0 saturated heterocycles. The fourth-order valence-corrected chi connectivity index (χ4v) is 2.00. The average Bonchev–Trinajstić information content (AvgIpc) is 2.83. The van der Waals surface area contributed by atoms with Crippen LogP contribution >= 0.6 is 0 Å². The second-order valence-corrected chi connectivity index (χ2v) is 4.89. The average molecular weight is 264 g/mol. The second kappa shape index (κ2) is 5.17. The van der Waals surface area contributed by atoms with Crippen LogP contribution in [0.2, 0.25) is 0 Å². The summed E-state index contributed by atoms with van der Waals surface area (Å²) in [6.45, 7) is 4.12. The van der Waals surface area contributed by atoms with Crippen LogP contribution in [0.15, 0.2) is 47.6 Å². The molecule has 2 N–H and O–H groups in total. The highest BCUT2D eigenvalue weighted by molar-refractivity contribution is 5.81. The van der Waals surface area contributed by atoms with Crippen LogP contribution in [0, 0.1) is 13.8 Å². The first-order chi connectivity index (χ1) is 9.70. The number of fused-ring (bicyclic) bond motifs is 1. The van der Waals surface area contributed by atoms with Crippen molar-refractivity contribution in [1.82, 2.24) is 9.97 Å². The minimum atomic E-state index is 0.647. The highest BCUT2D eigenvalue weighted by Crippen LogP contribution is 2.15. The molecular weight excluding hydrogens is 248 g/mol. The third-order valence-corrected chi connectivity index (χ3v) is 3.10. The Morgan fingerprint density at radius 1 is 1.05 bits per heavy atom. The molecule has 0 aliphatic carbocycles. The molecule has 0 saturated carbocycles. The van der Waals surface area contributed by atoms with Gasteiger partial charge in [-0.15, -0.1) is 0 Å². The van der Waals surface area contributed by atoms with Gasteiger partial charge < -0.3 is 4.98 Å². The predicted molar refractivity (Wildman–Crippen MR) is 83.2 cm³/mol. The Labute approximate surface area is 117 Å². The number of aromatic amines is 1. The molecule has 0 bridgehead atoms. The van der Waals surface area contributed by atoms with Gasteiger partial charge in [0.2, 0.25) is 5.95 Å². The highest BCUT2D eigenvalue weighted by atomic mass is 15.3. The van der Waals surface area contributed by atoms with Crippen LogP contribution in [0.25, 0.3) is 11.0 Å². The first-order valence-electron chi connectivity index (χ1n) is 6.53. The van der Waals surface area contributed by atoms with Crippen LogP contribution in [-0.4, -0.2) is 16.2 Å². The number of anilines is 1. The van der Waals surface area contributed by atoms with Crippen molar-refractivity contribution in [3.05, 3.63) is 59.2 Å². The molecule has 4 nitrogen and oxygen atoms in total. The number of aryl methyl sites for hydroxylation is 2. The second-order valence-electron chi connectivity index (χ2n) is 4.89. The van der Waals surface area contributed by atoms with Gasteiger partial charge in [0.25, 0.3) is 0 Å². The van der Waals surface area contributed by atoms with Gasteiger partial charge >= 0.3 is 0 Å². The third kappa shape index (κ3) is 2.69. The molecule has 0 aliphatic rings. The van der Waals surface area contributed by atoms with Crippen LogP contribution in [0.3, 0.4) is 0 Å². The minimum absolute atomic E-state index is 0.647. The van der Waals surface area contributed by atoms with Gasteiger partial charge in [-0.25, -0.2) is 10.4 Å². The molecule has 1 aromatic heterocycles. The standard InChI is InChI=1S/C16H16N4/c1-11-3-6-13(7-4-11)10-17-20-16-18-14-8-5-12(2)9-15(14)19-16/h3-10H,1-2H3,(H2,18,19,20)/b17-10-. The Morgan fingerprint density at radius 2 is 1.80 bits per heavy atom. The number of nitrogens with one attached hydrogen (secondary N) is 2. The van der Waals surface area contributed by atoms with Gasteiger partial charge in [0, 0.05) is 0 Å². The number of benzene rings is 2. The van der Waals surface area contributed by atoms with Gasteiger partial charge in [-0.3, -0.25) is 0 Å². The minimum Gasteiger partial charge on any atom is -0.323 e. The fraction of sp³-hybridized carbons (Fsp3) is 0.125. The van der Waals surface area contributed by atoms with Gasteiger partial charge in [0.1, 0.15) is 0 Å². The first kappa shape index (κ1) is 12.4. The summed E-state index contributed by atoms with van der Waals surface area (Å²) < 4.78 is 0. The largest absolute Gasteiger partial charge is 0.323 e. The van der Waals surface area contributed by atoms with E-state index in [2.05, 4.69) is 52.5 Å². The van der Waals surface area contributed by atoms with Crippen molar-refractivity contribution in [2.45, 2.75) is 13.8 Å². The van der Waals surface area contributed by atoms with E-state index in [1.807, 2.05) is 24.3 Å². The molecule has 0 spiro atoms. The smallest absolute Gasteiger partial charge is 0.222 e. The number of rotatable bonds is 3. The Hall–Kier alpha value is -2.62. The van der Waals surface area contributed by atoms with Crippen molar-refractivity contribution in [1.29, 1.82) is 0 Å². The maximum absolute atomic E-state index is 4.42. The molecule has 100 valence electrons. The van der Waals surface area contributed by atoms with Crippen LogP contribution < -0.4 is 5.43 Å². The molecule has 1 heterocycles. The summed E-state index contributed by atoms with van der Waals surface area (Å²) in [5, 5.41) is 4.19. The zero-order valence-electron chi connectivity index (χ0n) is 11.5. The molecule has 0 aliphatic heterocycles. The van der Waals surface area contributed by atoms with E-state index in [9.17, 15) is 0 Å². The summed E-state index contributed by atoms with van der Waals surface area (Å²) in [7, 11) is 0. The molecule has 2 aromatic carbocycles. The molecule has 0 radical (unpaired) electrons. The number of hydrogen-bond donors (Lipinski definition) is 2. The number of aromatic nitrogens is 2. The Kier molecular flexibility index (Phi) is 3.21. The molecule has 20 heavy (non-hydrogen) atoms. The van der Waals surface area contributed by atoms with E-state index in [0.29, 0.717) is 5.95 Å². The number of hydrogen-bond acceptors (Lipinski definition) is 3. The number of H-pyrrole nitrogens is 1. The lowest BCUT2D eigenvalue weighted by atomic mass is 10.2. The quantitative estimate of drug-likeness (QED) is 0.560. The van der Waals surface area contributed by atoms with Crippen LogP contribution in [-0.2, 0) is 0 Å². The maximum Gasteiger partial charge on any atom is 0.222 e.